The summed E-state index contributed by atoms with van der Waals surface area (Å²) in [7, 11) is 0.277. The Labute approximate surface area is 280 Å². The second-order valence-corrected chi connectivity index (χ2v) is 18.0. The quantitative estimate of drug-likeness (QED) is 0.146. The normalized spacial score (nSPS) is 26.8. The molecular weight excluding hydrogens is 651 g/mol. The molecule has 2 aliphatic carbocycles. The van der Waals surface area contributed by atoms with Crippen LogP contribution in [0.15, 0.2) is 24.3 Å². The Morgan fingerprint density at radius 3 is 0.925 bits per heavy atom. The van der Waals surface area contributed by atoms with Gasteiger partial charge >= 0.3 is 36.5 Å². The molecule has 4 fully saturated rings. The van der Waals surface area contributed by atoms with Crippen molar-refractivity contribution in [3.05, 3.63) is 101 Å². The van der Waals surface area contributed by atoms with Crippen LogP contribution in [0.1, 0.15) is 82.1 Å². The van der Waals surface area contributed by atoms with Crippen molar-refractivity contribution in [2.75, 3.05) is 0 Å². The molecule has 0 aromatic heterocycles. The van der Waals surface area contributed by atoms with E-state index in [1.807, 2.05) is 13.8 Å². The first-order valence-corrected chi connectivity index (χ1v) is 17.6. The molecule has 0 bridgehead atoms. The first kappa shape index (κ1) is 43.4. The van der Waals surface area contributed by atoms with Crippen molar-refractivity contribution < 1.29 is 36.5 Å². The minimum absolute atomic E-state index is 0. The molecule has 4 heteroatoms. The summed E-state index contributed by atoms with van der Waals surface area (Å²) in [5, 5.41) is 0. The van der Waals surface area contributed by atoms with E-state index in [0.29, 0.717) is 0 Å². The molecule has 2 heterocycles. The van der Waals surface area contributed by atoms with E-state index in [2.05, 4.69) is 134 Å². The van der Waals surface area contributed by atoms with Crippen LogP contribution in [0.3, 0.4) is 0 Å². The average Bonchev–Trinajstić information content (AvgIpc) is 3.39. The van der Waals surface area contributed by atoms with Gasteiger partial charge in [0.2, 0.25) is 0 Å². The summed E-state index contributed by atoms with van der Waals surface area (Å²) < 4.78 is 0. The molecule has 10 radical (unpaired) electrons. The van der Waals surface area contributed by atoms with Gasteiger partial charge in [0.1, 0.15) is 0 Å². The third-order valence-corrected chi connectivity index (χ3v) is 15.2. The van der Waals surface area contributed by atoms with Crippen molar-refractivity contribution in [2.45, 2.75) is 105 Å². The predicted molar refractivity (Wildman–Crippen MR) is 179 cm³/mol. The van der Waals surface area contributed by atoms with Gasteiger partial charge in [-0.25, -0.2) is 38.2 Å². The fourth-order valence-electron chi connectivity index (χ4n) is 5.38. The maximum atomic E-state index is 3.44. The van der Waals surface area contributed by atoms with Crippen molar-refractivity contribution in [1.29, 1.82) is 0 Å². The van der Waals surface area contributed by atoms with E-state index in [1.165, 1.54) is 12.8 Å². The Bertz CT molecular complexity index is 577. The van der Waals surface area contributed by atoms with E-state index in [-0.39, 0.29) is 52.4 Å². The Morgan fingerprint density at radius 2 is 0.775 bits per heavy atom. The van der Waals surface area contributed by atoms with Crippen LogP contribution in [0.2, 0.25) is 0 Å². The first-order valence-electron chi connectivity index (χ1n) is 14.6. The molecule has 40 heavy (non-hydrogen) atoms. The van der Waals surface area contributed by atoms with Gasteiger partial charge < -0.3 is 0 Å². The number of hydrogen-bond donors (Lipinski definition) is 0. The summed E-state index contributed by atoms with van der Waals surface area (Å²) in [6, 6.07) is 0. The molecule has 0 N–H and O–H groups in total. The zero-order valence-electron chi connectivity index (χ0n) is 27.1. The Morgan fingerprint density at radius 1 is 0.600 bits per heavy atom. The second-order valence-electron chi connectivity index (χ2n) is 12.7. The maximum Gasteiger partial charge on any atom is 2.00 e. The van der Waals surface area contributed by atoms with E-state index < -0.39 is 0 Å². The van der Waals surface area contributed by atoms with Crippen molar-refractivity contribution in [1.82, 2.24) is 0 Å². The van der Waals surface area contributed by atoms with Crippen LogP contribution < -0.4 is 0 Å². The SMILES string of the molecule is C=C([CH2-])C.C=C([CH2-])C.CC(C)[C@@H]1C[C@@H](C(C)C)P1[C]1[CH][CH][CH][CH]1.CC(C)[C@@H]1C[C@@H](C(C)C)P1[C]1[CH][CH][CH][CH]1.[Fe+2].[Ru+2]. The minimum atomic E-state index is 0. The van der Waals surface area contributed by atoms with Crippen LogP contribution in [0.25, 0.3) is 0 Å². The fourth-order valence-corrected chi connectivity index (χ4v) is 12.5. The fraction of sp³-hybridized carbons (Fsp3) is 0.556. The second kappa shape index (κ2) is 21.8. The van der Waals surface area contributed by atoms with Crippen molar-refractivity contribution in [3.8, 4) is 0 Å². The summed E-state index contributed by atoms with van der Waals surface area (Å²) in [5.74, 6) is 3.45. The molecular formula is C36H58FeP2Ru+2. The number of allylic oxidation sites excluding steroid dienone is 2. The molecule has 0 spiro atoms. The van der Waals surface area contributed by atoms with Gasteiger partial charge in [-0.15, -0.1) is 0 Å². The number of rotatable bonds is 6. The average molecular weight is 710 g/mol. The van der Waals surface area contributed by atoms with Gasteiger partial charge in [-0.2, -0.15) is 0 Å². The monoisotopic (exact) mass is 710 g/mol. The van der Waals surface area contributed by atoms with Gasteiger partial charge in [0, 0.05) is 11.3 Å². The molecule has 0 unspecified atom stereocenters. The summed E-state index contributed by atoms with van der Waals surface area (Å²) >= 11 is 0. The van der Waals surface area contributed by atoms with Gasteiger partial charge in [-0.1, -0.05) is 85.1 Å². The topological polar surface area (TPSA) is 0 Å². The first-order chi connectivity index (χ1) is 17.7. The van der Waals surface area contributed by atoms with Crippen LogP contribution in [0.4, 0.5) is 0 Å². The standard InChI is InChI=1S/2C14H22P.2C4H7.Fe.Ru/c2*1-10(2)13-9-14(11(3)4)15(13)12-7-5-6-8-12;2*1-4(2)3;;/h2*5-8,10-11,13-14H,9H2,1-4H3;2*1-2H2,3H3;;/q;;2*-1;2*+2/t2*13-,14-;;;;/m00..../s1. The Balaban J connectivity index is 0. The molecule has 4 atom stereocenters. The maximum absolute atomic E-state index is 3.44. The van der Waals surface area contributed by atoms with Crippen LogP contribution in [-0.2, 0) is 36.5 Å². The van der Waals surface area contributed by atoms with E-state index in [0.717, 1.165) is 57.5 Å². The Hall–Kier alpha value is 1.22. The smallest absolute Gasteiger partial charge is 0.242 e. The van der Waals surface area contributed by atoms with E-state index in [4.69, 9.17) is 0 Å². The molecule has 0 nitrogen and oxygen atoms in total. The molecule has 4 rings (SSSR count). The third kappa shape index (κ3) is 14.3. The number of hydrogen-bond acceptors (Lipinski definition) is 0. The van der Waals surface area contributed by atoms with Crippen molar-refractivity contribution in [2.24, 2.45) is 23.7 Å². The van der Waals surface area contributed by atoms with Gasteiger partial charge in [-0.05, 0) is 111 Å². The predicted octanol–water partition coefficient (Wildman–Crippen LogP) is 11.4. The molecule has 2 saturated heterocycles. The molecule has 0 aromatic rings. The van der Waals surface area contributed by atoms with Crippen LogP contribution in [-0.4, -0.2) is 22.6 Å². The minimum Gasteiger partial charge on any atom is -0.242 e. The van der Waals surface area contributed by atoms with Gasteiger partial charge in [0.25, 0.3) is 0 Å². The summed E-state index contributed by atoms with van der Waals surface area (Å²) in [6.45, 7) is 36.6. The summed E-state index contributed by atoms with van der Waals surface area (Å²) in [5.41, 5.74) is 9.05. The summed E-state index contributed by atoms with van der Waals surface area (Å²) in [4.78, 5) is 0. The van der Waals surface area contributed by atoms with Crippen LogP contribution >= 0.6 is 15.8 Å². The van der Waals surface area contributed by atoms with Crippen molar-refractivity contribution in [3.63, 3.8) is 0 Å². The van der Waals surface area contributed by atoms with E-state index >= 15 is 0 Å². The van der Waals surface area contributed by atoms with Crippen molar-refractivity contribution >= 4 is 15.8 Å². The molecule has 2 saturated carbocycles. The molecule has 2 aliphatic heterocycles. The van der Waals surface area contributed by atoms with Crippen LogP contribution in [0.5, 0.6) is 0 Å². The Kier molecular flexibility index (Phi) is 23.7. The summed E-state index contributed by atoms with van der Waals surface area (Å²) in [6.07, 6.45) is 21.1. The largest absolute Gasteiger partial charge is 2.00 e. The zero-order valence-corrected chi connectivity index (χ0v) is 31.7. The molecule has 0 amide bonds. The van der Waals surface area contributed by atoms with Gasteiger partial charge in [0.15, 0.2) is 0 Å². The molecule has 0 aromatic carbocycles. The molecule has 226 valence electrons. The van der Waals surface area contributed by atoms with E-state index in [9.17, 15) is 0 Å². The van der Waals surface area contributed by atoms with Crippen LogP contribution in [0, 0.1) is 100 Å². The zero-order chi connectivity index (χ0) is 29.2. The van der Waals surface area contributed by atoms with Gasteiger partial charge in [0.05, 0.1) is 0 Å². The third-order valence-electron chi connectivity index (χ3n) is 7.36. The van der Waals surface area contributed by atoms with E-state index in [1.54, 1.807) is 11.3 Å². The van der Waals surface area contributed by atoms with Gasteiger partial charge in [-0.3, -0.25) is 0 Å². The molecule has 4 aliphatic rings.